The molecule has 0 saturated carbocycles. The van der Waals surface area contributed by atoms with Gasteiger partial charge in [0.2, 0.25) is 0 Å². The Bertz CT molecular complexity index is 369. The van der Waals surface area contributed by atoms with Crippen molar-refractivity contribution in [1.82, 2.24) is 4.90 Å². The van der Waals surface area contributed by atoms with Crippen LogP contribution in [0.3, 0.4) is 0 Å². The average molecular weight is 343 g/mol. The maximum Gasteiger partial charge on any atom is 0.0593 e. The highest BCUT2D eigenvalue weighted by Gasteiger charge is 2.24. The molecule has 20 heavy (non-hydrogen) atoms. The summed E-state index contributed by atoms with van der Waals surface area (Å²) in [5, 5.41) is 0. The molecule has 1 aromatic rings. The number of nitrogens with zero attached hydrogens (tertiary/aromatic N) is 1. The molecule has 0 spiro atoms. The molecule has 1 aromatic carbocycles. The predicted octanol–water partition coefficient (Wildman–Crippen LogP) is 3.59. The Labute approximate surface area is 131 Å². The van der Waals surface area contributed by atoms with Gasteiger partial charge in [-0.1, -0.05) is 41.9 Å². The molecular formula is C16H27BrN2O. The quantitative estimate of drug-likeness (QED) is 0.697. The topological polar surface area (TPSA) is 38.5 Å². The van der Waals surface area contributed by atoms with Crippen molar-refractivity contribution in [2.75, 3.05) is 26.3 Å². The van der Waals surface area contributed by atoms with Crippen molar-refractivity contribution >= 4 is 15.9 Å². The number of hydrogen-bond donors (Lipinski definition) is 1. The predicted molar refractivity (Wildman–Crippen MR) is 88.9 cm³/mol. The second kappa shape index (κ2) is 9.50. The summed E-state index contributed by atoms with van der Waals surface area (Å²) in [6.07, 6.45) is 0.964. The summed E-state index contributed by atoms with van der Waals surface area (Å²) in [5.41, 5.74) is 7.65. The smallest absolute Gasteiger partial charge is 0.0593 e. The minimum absolute atomic E-state index is 0.137. The van der Waals surface area contributed by atoms with E-state index >= 15 is 0 Å². The highest BCUT2D eigenvalue weighted by atomic mass is 79.9. The van der Waals surface area contributed by atoms with E-state index in [9.17, 15) is 0 Å². The van der Waals surface area contributed by atoms with Crippen molar-refractivity contribution in [1.29, 1.82) is 0 Å². The molecule has 0 heterocycles. The number of halogens is 1. The van der Waals surface area contributed by atoms with Crippen LogP contribution in [-0.2, 0) is 4.74 Å². The van der Waals surface area contributed by atoms with Crippen LogP contribution in [0.25, 0.3) is 0 Å². The first-order chi connectivity index (χ1) is 9.63. The van der Waals surface area contributed by atoms with Gasteiger partial charge in [-0.05, 0) is 37.6 Å². The third-order valence-electron chi connectivity index (χ3n) is 3.62. The zero-order valence-corrected chi connectivity index (χ0v) is 14.4. The lowest BCUT2D eigenvalue weighted by Crippen LogP contribution is -2.42. The number of ether oxygens (including phenoxy) is 1. The van der Waals surface area contributed by atoms with Crippen LogP contribution in [0.2, 0.25) is 0 Å². The van der Waals surface area contributed by atoms with E-state index in [4.69, 9.17) is 10.5 Å². The fourth-order valence-corrected chi connectivity index (χ4v) is 2.70. The third kappa shape index (κ3) is 5.17. The zero-order valence-electron chi connectivity index (χ0n) is 12.8. The van der Waals surface area contributed by atoms with E-state index in [1.54, 1.807) is 0 Å². The zero-order chi connectivity index (χ0) is 15.0. The Morgan fingerprint density at radius 2 is 1.85 bits per heavy atom. The van der Waals surface area contributed by atoms with Gasteiger partial charge >= 0.3 is 0 Å². The summed E-state index contributed by atoms with van der Waals surface area (Å²) in [6.45, 7) is 9.77. The van der Waals surface area contributed by atoms with E-state index in [2.05, 4.69) is 58.9 Å². The highest BCUT2D eigenvalue weighted by Crippen LogP contribution is 2.26. The van der Waals surface area contributed by atoms with Gasteiger partial charge < -0.3 is 10.5 Å². The maximum absolute atomic E-state index is 6.37. The third-order valence-corrected chi connectivity index (χ3v) is 4.14. The Kier molecular flexibility index (Phi) is 8.38. The highest BCUT2D eigenvalue weighted by molar-refractivity contribution is 9.10. The molecule has 2 N–H and O–H groups in total. The Balaban J connectivity index is 2.88. The van der Waals surface area contributed by atoms with Gasteiger partial charge in [0.1, 0.15) is 0 Å². The van der Waals surface area contributed by atoms with Crippen LogP contribution in [0.5, 0.6) is 0 Å². The summed E-state index contributed by atoms with van der Waals surface area (Å²) in [6, 6.07) is 8.87. The van der Waals surface area contributed by atoms with Crippen LogP contribution in [0.15, 0.2) is 28.7 Å². The minimum atomic E-state index is 0.137. The summed E-state index contributed by atoms with van der Waals surface area (Å²) in [4.78, 5) is 2.41. The first-order valence-corrected chi connectivity index (χ1v) is 8.26. The molecule has 0 aliphatic carbocycles. The molecule has 114 valence electrons. The number of likely N-dealkylation sites (N-methyl/N-ethyl adjacent to an activating group) is 1. The van der Waals surface area contributed by atoms with Gasteiger partial charge in [-0.25, -0.2) is 0 Å². The molecule has 4 heteroatoms. The molecule has 2 atom stereocenters. The SMILES string of the molecule is CCOCCN(CC)C(c1ccc(Br)cc1)C(N)CC. The Morgan fingerprint density at radius 3 is 2.35 bits per heavy atom. The van der Waals surface area contributed by atoms with Crippen molar-refractivity contribution in [3.8, 4) is 0 Å². The van der Waals surface area contributed by atoms with Gasteiger partial charge in [0.05, 0.1) is 6.61 Å². The van der Waals surface area contributed by atoms with Crippen molar-refractivity contribution in [3.05, 3.63) is 34.3 Å². The molecule has 0 aliphatic heterocycles. The van der Waals surface area contributed by atoms with Crippen molar-refractivity contribution in [3.63, 3.8) is 0 Å². The molecule has 0 aromatic heterocycles. The molecule has 0 saturated heterocycles. The van der Waals surface area contributed by atoms with Crippen LogP contribution in [0, 0.1) is 0 Å². The van der Waals surface area contributed by atoms with Crippen molar-refractivity contribution in [2.45, 2.75) is 39.3 Å². The van der Waals surface area contributed by atoms with E-state index < -0.39 is 0 Å². The molecule has 0 aliphatic rings. The summed E-state index contributed by atoms with van der Waals surface area (Å²) in [5.74, 6) is 0. The van der Waals surface area contributed by atoms with E-state index in [0.717, 1.165) is 37.2 Å². The number of rotatable bonds is 9. The molecule has 0 amide bonds. The molecule has 1 rings (SSSR count). The largest absolute Gasteiger partial charge is 0.380 e. The summed E-state index contributed by atoms with van der Waals surface area (Å²) >= 11 is 3.49. The van der Waals surface area contributed by atoms with E-state index in [1.165, 1.54) is 5.56 Å². The standard InChI is InChI=1S/C16H27BrN2O/c1-4-15(18)16(13-7-9-14(17)10-8-13)19(5-2)11-12-20-6-3/h7-10,15-16H,4-6,11-12,18H2,1-3H3. The lowest BCUT2D eigenvalue weighted by atomic mass is 9.96. The molecular weight excluding hydrogens is 316 g/mol. The van der Waals surface area contributed by atoms with Gasteiger partial charge in [-0.3, -0.25) is 4.90 Å². The molecule has 0 radical (unpaired) electrons. The van der Waals surface area contributed by atoms with Crippen LogP contribution >= 0.6 is 15.9 Å². The average Bonchev–Trinajstić information content (AvgIpc) is 2.47. The second-order valence-corrected chi connectivity index (χ2v) is 5.81. The molecule has 0 bridgehead atoms. The van der Waals surface area contributed by atoms with Crippen LogP contribution in [0.1, 0.15) is 38.8 Å². The first kappa shape index (κ1) is 17.6. The number of hydrogen-bond acceptors (Lipinski definition) is 3. The van der Waals surface area contributed by atoms with Gasteiger partial charge in [0, 0.05) is 29.7 Å². The van der Waals surface area contributed by atoms with Crippen molar-refractivity contribution in [2.24, 2.45) is 5.73 Å². The molecule has 2 unspecified atom stereocenters. The fourth-order valence-electron chi connectivity index (χ4n) is 2.43. The maximum atomic E-state index is 6.37. The van der Waals surface area contributed by atoms with Crippen LogP contribution in [0.4, 0.5) is 0 Å². The van der Waals surface area contributed by atoms with Crippen LogP contribution in [-0.4, -0.2) is 37.2 Å². The summed E-state index contributed by atoms with van der Waals surface area (Å²) in [7, 11) is 0. The first-order valence-electron chi connectivity index (χ1n) is 7.46. The minimum Gasteiger partial charge on any atom is -0.380 e. The van der Waals surface area contributed by atoms with Gasteiger partial charge in [0.25, 0.3) is 0 Å². The van der Waals surface area contributed by atoms with Crippen LogP contribution < -0.4 is 5.73 Å². The Morgan fingerprint density at radius 1 is 1.20 bits per heavy atom. The second-order valence-electron chi connectivity index (χ2n) is 4.89. The monoisotopic (exact) mass is 342 g/mol. The normalized spacial score (nSPS) is 14.5. The van der Waals surface area contributed by atoms with E-state index in [0.29, 0.717) is 0 Å². The number of benzene rings is 1. The van der Waals surface area contributed by atoms with E-state index in [-0.39, 0.29) is 12.1 Å². The Hall–Kier alpha value is -0.420. The lowest BCUT2D eigenvalue weighted by Gasteiger charge is -2.35. The molecule has 3 nitrogen and oxygen atoms in total. The fraction of sp³-hybridized carbons (Fsp3) is 0.625. The van der Waals surface area contributed by atoms with Gasteiger partial charge in [0.15, 0.2) is 0 Å². The number of nitrogens with two attached hydrogens (primary N) is 1. The summed E-state index contributed by atoms with van der Waals surface area (Å²) < 4.78 is 6.59. The molecule has 0 fully saturated rings. The lowest BCUT2D eigenvalue weighted by molar-refractivity contribution is 0.0888. The van der Waals surface area contributed by atoms with E-state index in [1.807, 2.05) is 6.92 Å². The van der Waals surface area contributed by atoms with Gasteiger partial charge in [-0.15, -0.1) is 0 Å². The van der Waals surface area contributed by atoms with Crippen molar-refractivity contribution < 1.29 is 4.74 Å². The van der Waals surface area contributed by atoms with Gasteiger partial charge in [-0.2, -0.15) is 0 Å².